The summed E-state index contributed by atoms with van der Waals surface area (Å²) < 4.78 is 27.8. The number of aliphatic hydroxyl groups is 1. The highest BCUT2D eigenvalue weighted by atomic mass is 35.5. The summed E-state index contributed by atoms with van der Waals surface area (Å²) in [4.78, 5) is 20.9. The first kappa shape index (κ1) is 19.2. The Balaban J connectivity index is 2.03. The van der Waals surface area contributed by atoms with Gasteiger partial charge >= 0.3 is 0 Å². The van der Waals surface area contributed by atoms with Gasteiger partial charge in [-0.05, 0) is 42.8 Å². The highest BCUT2D eigenvalue weighted by Gasteiger charge is 2.29. The number of nitrogens with one attached hydrogen (secondary N) is 1. The number of carbonyl (C=O) groups is 1. The summed E-state index contributed by atoms with van der Waals surface area (Å²) >= 11 is 5.97. The number of halogens is 3. The quantitative estimate of drug-likeness (QED) is 0.625. The number of alkyl halides is 1. The van der Waals surface area contributed by atoms with Crippen LogP contribution >= 0.6 is 11.6 Å². The second kappa shape index (κ2) is 7.58. The van der Waals surface area contributed by atoms with Crippen LogP contribution in [0.15, 0.2) is 36.4 Å². The number of carbonyl (C=O) groups excluding carboxylic acids is 1. The third-order valence-corrected chi connectivity index (χ3v) is 4.41. The van der Waals surface area contributed by atoms with Gasteiger partial charge in [-0.2, -0.15) is 0 Å². The predicted molar refractivity (Wildman–Crippen MR) is 98.3 cm³/mol. The zero-order valence-corrected chi connectivity index (χ0v) is 15.2. The molecule has 3 rings (SSSR count). The molecule has 0 radical (unpaired) electrons. The van der Waals surface area contributed by atoms with Crippen molar-refractivity contribution < 1.29 is 18.7 Å². The molecule has 1 amide bonds. The lowest BCUT2D eigenvalue weighted by atomic mass is 9.98. The van der Waals surface area contributed by atoms with Gasteiger partial charge in [-0.3, -0.25) is 14.7 Å². The van der Waals surface area contributed by atoms with Gasteiger partial charge in [0.15, 0.2) is 5.65 Å². The van der Waals surface area contributed by atoms with Gasteiger partial charge < -0.3 is 5.11 Å². The molecule has 2 aromatic heterocycles. The summed E-state index contributed by atoms with van der Waals surface area (Å²) in [5.41, 5.74) is -0.422. The number of imidazole rings is 1. The van der Waals surface area contributed by atoms with E-state index < -0.39 is 30.4 Å². The number of aromatic nitrogens is 3. The number of pyridine rings is 1. The first-order chi connectivity index (χ1) is 12.8. The molecule has 0 saturated heterocycles. The van der Waals surface area contributed by atoms with Crippen molar-refractivity contribution in [2.75, 3.05) is 12.0 Å². The third kappa shape index (κ3) is 4.06. The molecule has 2 N–H and O–H groups in total. The van der Waals surface area contributed by atoms with Crippen molar-refractivity contribution in [2.45, 2.75) is 25.4 Å². The number of benzene rings is 1. The van der Waals surface area contributed by atoms with E-state index in [2.05, 4.69) is 15.3 Å². The molecular formula is C18H17ClF2N4O2. The predicted octanol–water partition coefficient (Wildman–Crippen LogP) is 3.65. The average molecular weight is 395 g/mol. The Labute approximate surface area is 158 Å². The molecular weight excluding hydrogens is 378 g/mol. The second-order valence-electron chi connectivity index (χ2n) is 6.16. The maximum Gasteiger partial charge on any atom is 0.229 e. The van der Waals surface area contributed by atoms with Crippen molar-refractivity contribution in [1.29, 1.82) is 0 Å². The van der Waals surface area contributed by atoms with E-state index >= 15 is 0 Å². The lowest BCUT2D eigenvalue weighted by molar-refractivity contribution is -0.122. The lowest BCUT2D eigenvalue weighted by Crippen LogP contribution is -2.35. The molecule has 0 saturated carbocycles. The van der Waals surface area contributed by atoms with Crippen LogP contribution in [-0.2, 0) is 4.79 Å². The average Bonchev–Trinajstić information content (AvgIpc) is 2.99. The van der Waals surface area contributed by atoms with E-state index in [1.165, 1.54) is 28.8 Å². The zero-order valence-electron chi connectivity index (χ0n) is 14.4. The van der Waals surface area contributed by atoms with Gasteiger partial charge in [0.05, 0.1) is 12.1 Å². The minimum absolute atomic E-state index is 0.0858. The smallest absolute Gasteiger partial charge is 0.229 e. The van der Waals surface area contributed by atoms with E-state index in [-0.39, 0.29) is 17.5 Å². The molecule has 142 valence electrons. The Morgan fingerprint density at radius 3 is 2.59 bits per heavy atom. The molecule has 6 nitrogen and oxygen atoms in total. The zero-order chi connectivity index (χ0) is 19.6. The van der Waals surface area contributed by atoms with Crippen molar-refractivity contribution >= 4 is 34.6 Å². The third-order valence-electron chi connectivity index (χ3n) is 4.20. The summed E-state index contributed by atoms with van der Waals surface area (Å²) in [6, 6.07) is 8.70. The Morgan fingerprint density at radius 2 is 1.96 bits per heavy atom. The fraction of sp³-hybridized carbons (Fsp3) is 0.278. The lowest BCUT2D eigenvalue weighted by Gasteiger charge is -2.22. The molecule has 0 aliphatic heterocycles. The molecule has 1 atom stereocenters. The van der Waals surface area contributed by atoms with Crippen molar-refractivity contribution in [3.05, 3.63) is 47.4 Å². The summed E-state index contributed by atoms with van der Waals surface area (Å²) in [5, 5.41) is 12.8. The number of fused-ring (bicyclic) bond motifs is 1. The van der Waals surface area contributed by atoms with E-state index in [0.29, 0.717) is 16.9 Å². The largest absolute Gasteiger partial charge is 0.387 e. The van der Waals surface area contributed by atoms with Crippen LogP contribution < -0.4 is 5.32 Å². The normalized spacial score (nSPS) is 13.5. The number of hydrogen-bond acceptors (Lipinski definition) is 4. The van der Waals surface area contributed by atoms with Crippen molar-refractivity contribution in [3.63, 3.8) is 0 Å². The molecule has 0 spiro atoms. The van der Waals surface area contributed by atoms with E-state index in [0.717, 1.165) is 0 Å². The molecule has 27 heavy (non-hydrogen) atoms. The highest BCUT2D eigenvalue weighted by molar-refractivity contribution is 6.29. The van der Waals surface area contributed by atoms with Crippen molar-refractivity contribution in [1.82, 2.24) is 14.5 Å². The summed E-state index contributed by atoms with van der Waals surface area (Å²) in [6.45, 7) is 0.551. The van der Waals surface area contributed by atoms with E-state index in [9.17, 15) is 18.7 Å². The fourth-order valence-electron chi connectivity index (χ4n) is 2.59. The van der Waals surface area contributed by atoms with Crippen molar-refractivity contribution in [2.24, 2.45) is 0 Å². The maximum absolute atomic E-state index is 13.3. The molecule has 0 aliphatic carbocycles. The molecule has 0 fully saturated rings. The van der Waals surface area contributed by atoms with Gasteiger partial charge in [0.1, 0.15) is 28.8 Å². The number of amides is 1. The first-order valence-corrected chi connectivity index (χ1v) is 8.62. The molecule has 0 bridgehead atoms. The number of nitrogens with zero attached hydrogens (tertiary/aromatic N) is 3. The standard InChI is InChI=1S/C18H17ClF2N4O2/c1-2-18(27,10-20)9-15(26)24-17-22-13-7-8-14(19)23-16(13)25(17)12-5-3-11(21)4-6-12/h3-8,27H,2,9-10H2,1H3,(H,22,24,26). The van der Waals surface area contributed by atoms with Crippen LogP contribution in [0.25, 0.3) is 16.9 Å². The molecule has 1 unspecified atom stereocenters. The van der Waals surface area contributed by atoms with Crippen LogP contribution in [0, 0.1) is 5.82 Å². The van der Waals surface area contributed by atoms with Gasteiger partial charge in [-0.15, -0.1) is 0 Å². The summed E-state index contributed by atoms with van der Waals surface area (Å²) in [5.74, 6) is -0.925. The number of anilines is 1. The molecule has 3 aromatic rings. The summed E-state index contributed by atoms with van der Waals surface area (Å²) in [6.07, 6.45) is -0.344. The van der Waals surface area contributed by atoms with Crippen LogP contribution in [0.1, 0.15) is 19.8 Å². The Hall–Kier alpha value is -2.58. The van der Waals surface area contributed by atoms with Gasteiger partial charge in [-0.25, -0.2) is 18.7 Å². The van der Waals surface area contributed by atoms with E-state index in [1.54, 1.807) is 19.1 Å². The highest BCUT2D eigenvalue weighted by Crippen LogP contribution is 2.26. The monoisotopic (exact) mass is 394 g/mol. The van der Waals surface area contributed by atoms with E-state index in [1.807, 2.05) is 0 Å². The van der Waals surface area contributed by atoms with Gasteiger partial charge in [0, 0.05) is 0 Å². The van der Waals surface area contributed by atoms with Crippen LogP contribution in [0.3, 0.4) is 0 Å². The number of hydrogen-bond donors (Lipinski definition) is 2. The van der Waals surface area contributed by atoms with Crippen LogP contribution in [0.4, 0.5) is 14.7 Å². The fourth-order valence-corrected chi connectivity index (χ4v) is 2.73. The molecule has 0 aliphatic rings. The summed E-state index contributed by atoms with van der Waals surface area (Å²) in [7, 11) is 0. The van der Waals surface area contributed by atoms with Gasteiger partial charge in [0.2, 0.25) is 11.9 Å². The van der Waals surface area contributed by atoms with Gasteiger partial charge in [-0.1, -0.05) is 18.5 Å². The molecule has 2 heterocycles. The van der Waals surface area contributed by atoms with Crippen molar-refractivity contribution in [3.8, 4) is 5.69 Å². The Kier molecular flexibility index (Phi) is 5.38. The SMILES string of the molecule is CCC(O)(CF)CC(=O)Nc1nc2ccc(Cl)nc2n1-c1ccc(F)cc1. The maximum atomic E-state index is 13.3. The minimum Gasteiger partial charge on any atom is -0.387 e. The number of rotatable bonds is 6. The Morgan fingerprint density at radius 1 is 1.26 bits per heavy atom. The topological polar surface area (TPSA) is 80.0 Å². The van der Waals surface area contributed by atoms with Gasteiger partial charge in [0.25, 0.3) is 0 Å². The van der Waals surface area contributed by atoms with E-state index in [4.69, 9.17) is 11.6 Å². The minimum atomic E-state index is -1.74. The Bertz CT molecular complexity index is 971. The van der Waals surface area contributed by atoms with Crippen LogP contribution in [0.2, 0.25) is 5.15 Å². The first-order valence-electron chi connectivity index (χ1n) is 8.24. The van der Waals surface area contributed by atoms with Crippen LogP contribution in [0.5, 0.6) is 0 Å². The second-order valence-corrected chi connectivity index (χ2v) is 6.55. The molecule has 1 aromatic carbocycles. The van der Waals surface area contributed by atoms with Crippen LogP contribution in [-0.4, -0.2) is 37.8 Å². The molecule has 9 heteroatoms.